The van der Waals surface area contributed by atoms with Gasteiger partial charge in [-0.2, -0.15) is 0 Å². The Morgan fingerprint density at radius 3 is 2.45 bits per heavy atom. The van der Waals surface area contributed by atoms with Gasteiger partial charge in [-0.1, -0.05) is 41.4 Å². The van der Waals surface area contributed by atoms with E-state index in [1.165, 1.54) is 28.8 Å². The van der Waals surface area contributed by atoms with Crippen LogP contribution in [0.3, 0.4) is 0 Å². The van der Waals surface area contributed by atoms with Crippen LogP contribution in [0.4, 0.5) is 0 Å². The summed E-state index contributed by atoms with van der Waals surface area (Å²) in [4.78, 5) is 37.2. The number of carbonyl (C=O) groups is 2. The number of aromatic nitrogens is 1. The minimum absolute atomic E-state index is 0.109. The van der Waals surface area contributed by atoms with Gasteiger partial charge in [0.15, 0.2) is 0 Å². The molecule has 3 aromatic rings. The van der Waals surface area contributed by atoms with Crippen molar-refractivity contribution in [3.63, 3.8) is 0 Å². The third-order valence-corrected chi connectivity index (χ3v) is 4.43. The van der Waals surface area contributed by atoms with Crippen LogP contribution in [-0.4, -0.2) is 21.5 Å². The third kappa shape index (κ3) is 4.83. The number of nitrogens with one attached hydrogen (secondary N) is 2. The van der Waals surface area contributed by atoms with Gasteiger partial charge in [-0.3, -0.25) is 25.2 Å². The summed E-state index contributed by atoms with van der Waals surface area (Å²) < 4.78 is 1.41. The minimum atomic E-state index is -0.775. The molecule has 3 N–H and O–H groups in total. The topological polar surface area (TPSA) is 100 Å². The number of hydrogen-bond donors (Lipinski definition) is 3. The van der Waals surface area contributed by atoms with E-state index in [1.54, 1.807) is 12.3 Å². The van der Waals surface area contributed by atoms with Gasteiger partial charge in [0, 0.05) is 11.2 Å². The number of amides is 2. The first-order chi connectivity index (χ1) is 13.8. The zero-order valence-electron chi connectivity index (χ0n) is 15.5. The molecule has 148 valence electrons. The molecule has 8 heteroatoms. The zero-order chi connectivity index (χ0) is 21.0. The van der Waals surface area contributed by atoms with Crippen molar-refractivity contribution in [2.45, 2.75) is 13.5 Å². The highest BCUT2D eigenvalue weighted by atomic mass is 35.5. The van der Waals surface area contributed by atoms with Crippen molar-refractivity contribution in [3.8, 4) is 5.75 Å². The summed E-state index contributed by atoms with van der Waals surface area (Å²) >= 11 is 5.81. The Balaban J connectivity index is 1.73. The lowest BCUT2D eigenvalue weighted by Crippen LogP contribution is -2.44. The highest BCUT2D eigenvalue weighted by Crippen LogP contribution is 2.21. The molecule has 1 aromatic heterocycles. The van der Waals surface area contributed by atoms with Crippen LogP contribution < -0.4 is 16.4 Å². The number of hydrogen-bond acceptors (Lipinski definition) is 4. The summed E-state index contributed by atoms with van der Waals surface area (Å²) in [5.74, 6) is -1.83. The van der Waals surface area contributed by atoms with Crippen molar-refractivity contribution in [2.75, 3.05) is 0 Å². The van der Waals surface area contributed by atoms with E-state index in [9.17, 15) is 19.5 Å². The molecule has 3 rings (SSSR count). The lowest BCUT2D eigenvalue weighted by atomic mass is 10.1. The van der Waals surface area contributed by atoms with E-state index in [0.717, 1.165) is 11.1 Å². The Morgan fingerprint density at radius 1 is 1.00 bits per heavy atom. The fraction of sp³-hybridized carbons (Fsp3) is 0.0952. The quantitative estimate of drug-likeness (QED) is 0.574. The molecule has 1 heterocycles. The maximum atomic E-state index is 12.6. The van der Waals surface area contributed by atoms with E-state index < -0.39 is 17.4 Å². The van der Waals surface area contributed by atoms with Gasteiger partial charge in [0.1, 0.15) is 11.3 Å². The first-order valence-electron chi connectivity index (χ1n) is 8.69. The number of aromatic hydroxyl groups is 1. The number of nitrogens with zero attached hydrogens (tertiary/aromatic N) is 1. The van der Waals surface area contributed by atoms with Crippen molar-refractivity contribution < 1.29 is 14.7 Å². The van der Waals surface area contributed by atoms with Crippen LogP contribution in [0.1, 0.15) is 31.8 Å². The molecule has 0 unspecified atom stereocenters. The van der Waals surface area contributed by atoms with Crippen LogP contribution in [-0.2, 0) is 6.54 Å². The Bertz CT molecular complexity index is 1140. The van der Waals surface area contributed by atoms with Crippen LogP contribution in [0.2, 0.25) is 5.02 Å². The highest BCUT2D eigenvalue weighted by molar-refractivity contribution is 6.31. The molecule has 0 bridgehead atoms. The molecule has 0 aliphatic carbocycles. The first kappa shape index (κ1) is 20.2. The summed E-state index contributed by atoms with van der Waals surface area (Å²) in [6, 6.07) is 14.6. The molecule has 0 radical (unpaired) electrons. The lowest BCUT2D eigenvalue weighted by Gasteiger charge is -2.11. The number of rotatable bonds is 4. The molecule has 0 saturated heterocycles. The summed E-state index contributed by atoms with van der Waals surface area (Å²) in [6.45, 7) is 2.26. The molecule has 2 amide bonds. The second kappa shape index (κ2) is 8.62. The van der Waals surface area contributed by atoms with E-state index in [1.807, 2.05) is 31.2 Å². The minimum Gasteiger partial charge on any atom is -0.507 e. The van der Waals surface area contributed by atoms with Crippen LogP contribution in [0, 0.1) is 6.92 Å². The largest absolute Gasteiger partial charge is 0.507 e. The number of aryl methyl sites for hydroxylation is 1. The lowest BCUT2D eigenvalue weighted by molar-refractivity contribution is 0.0844. The van der Waals surface area contributed by atoms with Gasteiger partial charge in [-0.15, -0.1) is 0 Å². The number of phenolic OH excluding ortho intramolecular Hbond substituents is 1. The maximum absolute atomic E-state index is 12.6. The molecule has 0 atom stereocenters. The Morgan fingerprint density at radius 2 is 1.72 bits per heavy atom. The van der Waals surface area contributed by atoms with E-state index in [2.05, 4.69) is 10.9 Å². The molecule has 29 heavy (non-hydrogen) atoms. The number of halogens is 1. The predicted molar refractivity (Wildman–Crippen MR) is 109 cm³/mol. The number of carbonyl (C=O) groups excluding carboxylic acids is 2. The number of hydrazine groups is 1. The van der Waals surface area contributed by atoms with E-state index >= 15 is 0 Å². The molecule has 7 nitrogen and oxygen atoms in total. The van der Waals surface area contributed by atoms with Crippen molar-refractivity contribution >= 4 is 23.4 Å². The van der Waals surface area contributed by atoms with E-state index in [4.69, 9.17) is 11.6 Å². The average Bonchev–Trinajstić information content (AvgIpc) is 2.69. The predicted octanol–water partition coefficient (Wildman–Crippen LogP) is 2.64. The molecule has 0 saturated carbocycles. The van der Waals surface area contributed by atoms with Gasteiger partial charge in [0.2, 0.25) is 0 Å². The normalized spacial score (nSPS) is 10.4. The monoisotopic (exact) mass is 411 g/mol. The fourth-order valence-electron chi connectivity index (χ4n) is 2.78. The molecule has 0 aliphatic rings. The van der Waals surface area contributed by atoms with Crippen LogP contribution >= 0.6 is 11.6 Å². The molecule has 2 aromatic carbocycles. The Kier molecular flexibility index (Phi) is 5.99. The number of phenols is 1. The molecule has 0 spiro atoms. The Hall–Kier alpha value is -3.58. The van der Waals surface area contributed by atoms with Gasteiger partial charge in [-0.05, 0) is 42.8 Å². The standard InChI is InChI=1S/C21H18ClN3O4/c1-13-4-2-5-14(10-13)12-25-9-3-6-16(21(25)29)19(27)23-24-20(28)17-11-15(22)7-8-18(17)26/h2-11,26H,12H2,1H3,(H,23,27)(H,24,28). The highest BCUT2D eigenvalue weighted by Gasteiger charge is 2.16. The van der Waals surface area contributed by atoms with Crippen LogP contribution in [0.5, 0.6) is 5.75 Å². The molecular weight excluding hydrogens is 394 g/mol. The maximum Gasteiger partial charge on any atom is 0.275 e. The van der Waals surface area contributed by atoms with Crippen LogP contribution in [0.15, 0.2) is 65.6 Å². The molecule has 0 aliphatic heterocycles. The van der Waals surface area contributed by atoms with Gasteiger partial charge >= 0.3 is 0 Å². The van der Waals surface area contributed by atoms with Crippen LogP contribution in [0.25, 0.3) is 0 Å². The second-order valence-corrected chi connectivity index (χ2v) is 6.85. The average molecular weight is 412 g/mol. The fourth-order valence-corrected chi connectivity index (χ4v) is 2.95. The van der Waals surface area contributed by atoms with Crippen molar-refractivity contribution in [1.29, 1.82) is 0 Å². The van der Waals surface area contributed by atoms with E-state index in [0.29, 0.717) is 6.54 Å². The summed E-state index contributed by atoms with van der Waals surface area (Å²) in [5.41, 5.74) is 5.60. The third-order valence-electron chi connectivity index (χ3n) is 4.19. The second-order valence-electron chi connectivity index (χ2n) is 6.41. The zero-order valence-corrected chi connectivity index (χ0v) is 16.2. The molecular formula is C21H18ClN3O4. The van der Waals surface area contributed by atoms with Gasteiger partial charge in [-0.25, -0.2) is 0 Å². The van der Waals surface area contributed by atoms with Crippen molar-refractivity contribution in [1.82, 2.24) is 15.4 Å². The van der Waals surface area contributed by atoms with Gasteiger partial charge in [0.25, 0.3) is 17.4 Å². The van der Waals surface area contributed by atoms with Crippen molar-refractivity contribution in [2.24, 2.45) is 0 Å². The van der Waals surface area contributed by atoms with Crippen molar-refractivity contribution in [3.05, 3.63) is 98.4 Å². The first-order valence-corrected chi connectivity index (χ1v) is 9.07. The number of pyridine rings is 1. The van der Waals surface area contributed by atoms with E-state index in [-0.39, 0.29) is 21.9 Å². The summed E-state index contributed by atoms with van der Waals surface area (Å²) in [5, 5.41) is 9.99. The summed E-state index contributed by atoms with van der Waals surface area (Å²) in [6.07, 6.45) is 1.59. The smallest absolute Gasteiger partial charge is 0.275 e. The van der Waals surface area contributed by atoms with Gasteiger partial charge < -0.3 is 9.67 Å². The Labute approximate surface area is 171 Å². The summed E-state index contributed by atoms with van der Waals surface area (Å²) in [7, 11) is 0. The van der Waals surface area contributed by atoms with Gasteiger partial charge in [0.05, 0.1) is 12.1 Å². The molecule has 0 fully saturated rings. The SMILES string of the molecule is Cc1cccc(Cn2cccc(C(=O)NNC(=O)c3cc(Cl)ccc3O)c2=O)c1. The number of benzene rings is 2.